The lowest BCUT2D eigenvalue weighted by molar-refractivity contribution is -0.124. The van der Waals surface area contributed by atoms with Gasteiger partial charge in [0.1, 0.15) is 0 Å². The molecule has 0 bridgehead atoms. The fraction of sp³-hybridized carbons (Fsp3) is 0.429. The molecule has 0 rings (SSSR count). The van der Waals surface area contributed by atoms with E-state index in [1.165, 1.54) is 0 Å². The van der Waals surface area contributed by atoms with Crippen LogP contribution in [-0.4, -0.2) is 5.91 Å². The van der Waals surface area contributed by atoms with Crippen molar-refractivity contribution in [3.63, 3.8) is 0 Å². The van der Waals surface area contributed by atoms with Crippen LogP contribution < -0.4 is 5.73 Å². The summed E-state index contributed by atoms with van der Waals surface area (Å²) in [5.74, 6) is -0.529. The Balaban J connectivity index is 4.60. The summed E-state index contributed by atoms with van der Waals surface area (Å²) in [4.78, 5) is 10.6. The molecule has 0 atom stereocenters. The molecule has 0 unspecified atom stereocenters. The van der Waals surface area contributed by atoms with Crippen molar-refractivity contribution in [1.82, 2.24) is 0 Å². The predicted octanol–water partition coefficient (Wildman–Crippen LogP) is 0.578. The van der Waals surface area contributed by atoms with E-state index in [1.54, 1.807) is 19.9 Å². The van der Waals surface area contributed by atoms with Gasteiger partial charge in [0.25, 0.3) is 0 Å². The molecule has 3 nitrogen and oxygen atoms in total. The highest BCUT2D eigenvalue weighted by atomic mass is 16.1. The molecule has 0 heterocycles. The van der Waals surface area contributed by atoms with Crippen LogP contribution in [0.1, 0.15) is 13.8 Å². The lowest BCUT2D eigenvalue weighted by atomic mass is 9.85. The minimum absolute atomic E-state index is 0.194. The number of hydrogen-bond donors (Lipinski definition) is 1. The maximum Gasteiger partial charge on any atom is 0.228 e. The molecule has 3 heteroatoms. The van der Waals surface area contributed by atoms with Gasteiger partial charge in [-0.1, -0.05) is 6.58 Å². The van der Waals surface area contributed by atoms with Gasteiger partial charge in [0.2, 0.25) is 5.91 Å². The van der Waals surface area contributed by atoms with Crippen molar-refractivity contribution in [2.24, 2.45) is 11.1 Å². The Kier molecular flexibility index (Phi) is 2.20. The highest BCUT2D eigenvalue weighted by molar-refractivity contribution is 5.84. The Morgan fingerprint density at radius 1 is 1.70 bits per heavy atom. The molecular formula is C7H10N2O. The van der Waals surface area contributed by atoms with Gasteiger partial charge < -0.3 is 5.73 Å². The average Bonchev–Trinajstić information content (AvgIpc) is 1.86. The highest BCUT2D eigenvalue weighted by Gasteiger charge is 2.28. The largest absolute Gasteiger partial charge is 0.369 e. The molecule has 0 aromatic heterocycles. The zero-order valence-corrected chi connectivity index (χ0v) is 6.14. The van der Waals surface area contributed by atoms with Crippen molar-refractivity contribution >= 4 is 5.91 Å². The normalized spacial score (nSPS) is 10.1. The van der Waals surface area contributed by atoms with Crippen LogP contribution in [0.5, 0.6) is 0 Å². The first-order valence-electron chi connectivity index (χ1n) is 2.82. The number of rotatable bonds is 2. The smallest absolute Gasteiger partial charge is 0.228 e. The second-order valence-corrected chi connectivity index (χ2v) is 2.58. The molecule has 1 amide bonds. The van der Waals surface area contributed by atoms with Gasteiger partial charge in [-0.2, -0.15) is 5.26 Å². The van der Waals surface area contributed by atoms with Gasteiger partial charge in [-0.3, -0.25) is 4.79 Å². The van der Waals surface area contributed by atoms with Gasteiger partial charge >= 0.3 is 0 Å². The first kappa shape index (κ1) is 8.70. The van der Waals surface area contributed by atoms with Gasteiger partial charge in [0, 0.05) is 5.57 Å². The number of nitrogens with two attached hydrogens (primary N) is 1. The minimum atomic E-state index is -0.908. The molecule has 0 aromatic carbocycles. The van der Waals surface area contributed by atoms with Crippen LogP contribution in [0.25, 0.3) is 0 Å². The molecule has 0 radical (unpaired) electrons. The lowest BCUT2D eigenvalue weighted by Crippen LogP contribution is -2.32. The van der Waals surface area contributed by atoms with Crippen molar-refractivity contribution in [3.05, 3.63) is 12.2 Å². The molecule has 54 valence electrons. The Morgan fingerprint density at radius 3 is 2.20 bits per heavy atom. The molecule has 0 fully saturated rings. The van der Waals surface area contributed by atoms with Gasteiger partial charge in [-0.15, -0.1) is 0 Å². The van der Waals surface area contributed by atoms with E-state index in [4.69, 9.17) is 11.0 Å². The van der Waals surface area contributed by atoms with Crippen LogP contribution in [0.2, 0.25) is 0 Å². The third-order valence-electron chi connectivity index (χ3n) is 1.51. The third kappa shape index (κ3) is 1.35. The van der Waals surface area contributed by atoms with Crippen molar-refractivity contribution < 1.29 is 4.79 Å². The SMILES string of the molecule is C=C(C#N)C(C)(C)C(N)=O. The number of primary amides is 1. The maximum absolute atomic E-state index is 10.6. The summed E-state index contributed by atoms with van der Waals surface area (Å²) in [6.07, 6.45) is 0. The van der Waals surface area contributed by atoms with Crippen molar-refractivity contribution in [2.75, 3.05) is 0 Å². The molecule has 0 aliphatic heterocycles. The quantitative estimate of drug-likeness (QED) is 0.567. The van der Waals surface area contributed by atoms with E-state index in [-0.39, 0.29) is 5.57 Å². The molecule has 2 N–H and O–H groups in total. The topological polar surface area (TPSA) is 66.9 Å². The molecule has 0 aromatic rings. The summed E-state index contributed by atoms with van der Waals surface area (Å²) in [6, 6.07) is 1.79. The second-order valence-electron chi connectivity index (χ2n) is 2.58. The zero-order chi connectivity index (χ0) is 8.36. The number of amides is 1. The average molecular weight is 138 g/mol. The van der Waals surface area contributed by atoms with Crippen LogP contribution >= 0.6 is 0 Å². The monoisotopic (exact) mass is 138 g/mol. The molecule has 0 saturated heterocycles. The lowest BCUT2D eigenvalue weighted by Gasteiger charge is -2.17. The first-order valence-corrected chi connectivity index (χ1v) is 2.82. The van der Waals surface area contributed by atoms with Gasteiger partial charge in [-0.05, 0) is 13.8 Å². The Bertz CT molecular complexity index is 210. The third-order valence-corrected chi connectivity index (χ3v) is 1.51. The van der Waals surface area contributed by atoms with Crippen LogP contribution in [0.3, 0.4) is 0 Å². The molecule has 0 aliphatic carbocycles. The minimum Gasteiger partial charge on any atom is -0.369 e. The maximum atomic E-state index is 10.6. The van der Waals surface area contributed by atoms with Crippen LogP contribution in [-0.2, 0) is 4.79 Å². The van der Waals surface area contributed by atoms with E-state index in [0.29, 0.717) is 0 Å². The Morgan fingerprint density at radius 2 is 2.10 bits per heavy atom. The summed E-state index contributed by atoms with van der Waals surface area (Å²) in [6.45, 7) is 6.54. The highest BCUT2D eigenvalue weighted by Crippen LogP contribution is 2.22. The number of nitrogens with zero attached hydrogens (tertiary/aromatic N) is 1. The Labute approximate surface area is 60.1 Å². The van der Waals surface area contributed by atoms with E-state index in [1.807, 2.05) is 0 Å². The number of nitriles is 1. The van der Waals surface area contributed by atoms with E-state index < -0.39 is 11.3 Å². The van der Waals surface area contributed by atoms with E-state index >= 15 is 0 Å². The van der Waals surface area contributed by atoms with Crippen LogP contribution in [0.15, 0.2) is 12.2 Å². The van der Waals surface area contributed by atoms with E-state index in [2.05, 4.69) is 6.58 Å². The summed E-state index contributed by atoms with van der Waals surface area (Å²) < 4.78 is 0. The Hall–Kier alpha value is -1.30. The number of hydrogen-bond acceptors (Lipinski definition) is 2. The molecule has 0 aliphatic rings. The van der Waals surface area contributed by atoms with Gasteiger partial charge in [0.05, 0.1) is 11.5 Å². The molecular weight excluding hydrogens is 128 g/mol. The van der Waals surface area contributed by atoms with E-state index in [9.17, 15) is 4.79 Å². The van der Waals surface area contributed by atoms with Gasteiger partial charge in [-0.25, -0.2) is 0 Å². The summed E-state index contributed by atoms with van der Waals surface area (Å²) in [5.41, 5.74) is 4.28. The van der Waals surface area contributed by atoms with Gasteiger partial charge in [0.15, 0.2) is 0 Å². The zero-order valence-electron chi connectivity index (χ0n) is 6.14. The summed E-state index contributed by atoms with van der Waals surface area (Å²) in [7, 11) is 0. The fourth-order valence-corrected chi connectivity index (χ4v) is 0.288. The summed E-state index contributed by atoms with van der Waals surface area (Å²) in [5, 5.41) is 8.36. The van der Waals surface area contributed by atoms with Crippen LogP contribution in [0.4, 0.5) is 0 Å². The van der Waals surface area contributed by atoms with Crippen molar-refractivity contribution in [2.45, 2.75) is 13.8 Å². The van der Waals surface area contributed by atoms with Crippen molar-refractivity contribution in [1.29, 1.82) is 5.26 Å². The van der Waals surface area contributed by atoms with Crippen LogP contribution in [0, 0.1) is 16.7 Å². The molecule has 10 heavy (non-hydrogen) atoms. The second kappa shape index (κ2) is 2.53. The fourth-order valence-electron chi connectivity index (χ4n) is 0.288. The van der Waals surface area contributed by atoms with E-state index in [0.717, 1.165) is 0 Å². The molecule has 0 spiro atoms. The number of carbonyl (C=O) groups is 1. The summed E-state index contributed by atoms with van der Waals surface area (Å²) >= 11 is 0. The molecule has 0 saturated carbocycles. The standard InChI is InChI=1S/C7H10N2O/c1-5(4-8)7(2,3)6(9)10/h1H2,2-3H3,(H2,9,10). The first-order chi connectivity index (χ1) is 4.42. The van der Waals surface area contributed by atoms with Crippen molar-refractivity contribution in [3.8, 4) is 6.07 Å². The number of carbonyl (C=O) groups excluding carboxylic acids is 1. The predicted molar refractivity (Wildman–Crippen MR) is 37.7 cm³/mol.